The molecule has 0 saturated carbocycles. The Labute approximate surface area is 124 Å². The summed E-state index contributed by atoms with van der Waals surface area (Å²) in [4.78, 5) is 0. The van der Waals surface area contributed by atoms with E-state index in [1.54, 1.807) is 31.2 Å². The summed E-state index contributed by atoms with van der Waals surface area (Å²) in [5.74, 6) is 0. The monoisotopic (exact) mass is 301 g/mol. The summed E-state index contributed by atoms with van der Waals surface area (Å²) in [6.45, 7) is 1.73. The van der Waals surface area contributed by atoms with Gasteiger partial charge >= 0.3 is 6.18 Å². The summed E-state index contributed by atoms with van der Waals surface area (Å²) in [5.41, 5.74) is 2.25. The van der Waals surface area contributed by atoms with Gasteiger partial charge in [-0.3, -0.25) is 0 Å². The minimum Gasteiger partial charge on any atom is -0.240 e. The fourth-order valence-electron chi connectivity index (χ4n) is 2.32. The summed E-state index contributed by atoms with van der Waals surface area (Å²) in [6, 6.07) is 10.9. The highest BCUT2D eigenvalue weighted by Gasteiger charge is 2.31. The van der Waals surface area contributed by atoms with Gasteiger partial charge in [-0.2, -0.15) is 23.5 Å². The first kappa shape index (κ1) is 14.1. The largest absolute Gasteiger partial charge is 0.416 e. The van der Waals surface area contributed by atoms with Crippen molar-refractivity contribution in [2.75, 3.05) is 0 Å². The molecule has 0 N–H and O–H groups in total. The average Bonchev–Trinajstić information content (AvgIpc) is 2.83. The van der Waals surface area contributed by atoms with Crippen molar-refractivity contribution in [1.82, 2.24) is 9.61 Å². The molecule has 0 bridgehead atoms. The van der Waals surface area contributed by atoms with Crippen molar-refractivity contribution in [2.24, 2.45) is 0 Å². The Morgan fingerprint density at radius 2 is 1.82 bits per heavy atom. The second kappa shape index (κ2) is 4.88. The molecule has 3 aromatic rings. The number of halogens is 3. The molecule has 1 aromatic carbocycles. The lowest BCUT2D eigenvalue weighted by Gasteiger charge is -2.06. The molecule has 0 aliphatic rings. The van der Waals surface area contributed by atoms with Crippen LogP contribution >= 0.6 is 0 Å². The lowest BCUT2D eigenvalue weighted by Crippen LogP contribution is -2.05. The molecule has 3 rings (SSSR count). The third-order valence-corrected chi connectivity index (χ3v) is 3.50. The van der Waals surface area contributed by atoms with Gasteiger partial charge in [0.15, 0.2) is 0 Å². The highest BCUT2D eigenvalue weighted by molar-refractivity contribution is 5.73. The summed E-state index contributed by atoms with van der Waals surface area (Å²) >= 11 is 0. The molecular weight excluding hydrogens is 291 g/mol. The van der Waals surface area contributed by atoms with Crippen LogP contribution in [0.1, 0.15) is 16.7 Å². The van der Waals surface area contributed by atoms with Crippen LogP contribution in [0, 0.1) is 18.3 Å². The van der Waals surface area contributed by atoms with Gasteiger partial charge in [0, 0.05) is 17.3 Å². The molecule has 0 saturated heterocycles. The molecule has 2 aromatic heterocycles. The van der Waals surface area contributed by atoms with E-state index in [0.717, 1.165) is 17.7 Å². The van der Waals surface area contributed by atoms with E-state index in [0.29, 0.717) is 22.3 Å². The third-order valence-electron chi connectivity index (χ3n) is 3.50. The first-order chi connectivity index (χ1) is 10.4. The number of hydrogen-bond acceptors (Lipinski definition) is 2. The number of pyridine rings is 1. The van der Waals surface area contributed by atoms with Gasteiger partial charge in [-0.1, -0.05) is 12.1 Å². The Kier molecular flexibility index (Phi) is 3.14. The van der Waals surface area contributed by atoms with Crippen molar-refractivity contribution in [3.8, 4) is 17.3 Å². The zero-order valence-corrected chi connectivity index (χ0v) is 11.5. The van der Waals surface area contributed by atoms with Crippen molar-refractivity contribution in [3.63, 3.8) is 0 Å². The van der Waals surface area contributed by atoms with Crippen LogP contribution in [-0.2, 0) is 6.18 Å². The lowest BCUT2D eigenvalue weighted by molar-refractivity contribution is -0.137. The summed E-state index contributed by atoms with van der Waals surface area (Å²) in [5, 5.41) is 13.1. The Balaban J connectivity index is 2.15. The fourth-order valence-corrected chi connectivity index (χ4v) is 2.32. The first-order valence-electron chi connectivity index (χ1n) is 6.47. The third kappa shape index (κ3) is 2.31. The van der Waals surface area contributed by atoms with Crippen molar-refractivity contribution >= 4 is 5.52 Å². The van der Waals surface area contributed by atoms with Gasteiger partial charge in [-0.15, -0.1) is 0 Å². The summed E-state index contributed by atoms with van der Waals surface area (Å²) in [6.07, 6.45) is -3.08. The van der Waals surface area contributed by atoms with E-state index in [9.17, 15) is 13.2 Å². The van der Waals surface area contributed by atoms with Gasteiger partial charge in [0.05, 0.1) is 28.4 Å². The Bertz CT molecular complexity index is 884. The Morgan fingerprint density at radius 1 is 1.14 bits per heavy atom. The van der Waals surface area contributed by atoms with Gasteiger partial charge < -0.3 is 0 Å². The summed E-state index contributed by atoms with van der Waals surface area (Å²) in [7, 11) is 0. The zero-order valence-electron chi connectivity index (χ0n) is 11.5. The van der Waals surface area contributed by atoms with Gasteiger partial charge in [-0.05, 0) is 31.2 Å². The number of nitrogens with zero attached hydrogens (tertiary/aromatic N) is 3. The van der Waals surface area contributed by atoms with E-state index in [2.05, 4.69) is 5.10 Å². The van der Waals surface area contributed by atoms with Crippen molar-refractivity contribution < 1.29 is 13.2 Å². The number of nitriles is 1. The number of fused-ring (bicyclic) bond motifs is 1. The molecule has 22 heavy (non-hydrogen) atoms. The van der Waals surface area contributed by atoms with E-state index in [4.69, 9.17) is 5.26 Å². The fraction of sp³-hybridized carbons (Fsp3) is 0.125. The number of aromatic nitrogens is 2. The maximum atomic E-state index is 12.8. The second-order valence-corrected chi connectivity index (χ2v) is 4.91. The van der Waals surface area contributed by atoms with Crippen LogP contribution in [0.15, 0.2) is 42.6 Å². The van der Waals surface area contributed by atoms with Crippen LogP contribution in [0.3, 0.4) is 0 Å². The number of alkyl halides is 3. The smallest absolute Gasteiger partial charge is 0.240 e. The number of aryl methyl sites for hydroxylation is 1. The van der Waals surface area contributed by atoms with E-state index in [1.165, 1.54) is 10.7 Å². The van der Waals surface area contributed by atoms with Crippen molar-refractivity contribution in [3.05, 3.63) is 59.3 Å². The van der Waals surface area contributed by atoms with Crippen LogP contribution in [0.25, 0.3) is 16.8 Å². The Hall–Kier alpha value is -2.81. The van der Waals surface area contributed by atoms with Crippen molar-refractivity contribution in [2.45, 2.75) is 13.1 Å². The molecule has 0 fully saturated rings. The molecule has 0 spiro atoms. The molecule has 6 heteroatoms. The molecule has 0 radical (unpaired) electrons. The molecule has 0 atom stereocenters. The van der Waals surface area contributed by atoms with Gasteiger partial charge in [0.25, 0.3) is 0 Å². The standard InChI is InChI=1S/C16H10F3N3/c1-10-14-8-13(16(17,18)19)6-7-22(14)21-15(10)12-4-2-11(9-20)3-5-12/h2-8H,1H3. The Morgan fingerprint density at radius 3 is 2.41 bits per heavy atom. The molecule has 110 valence electrons. The molecular formula is C16H10F3N3. The van der Waals surface area contributed by atoms with Gasteiger partial charge in [-0.25, -0.2) is 4.52 Å². The van der Waals surface area contributed by atoms with Gasteiger partial charge in [0.2, 0.25) is 0 Å². The van der Waals surface area contributed by atoms with Gasteiger partial charge in [0.1, 0.15) is 0 Å². The van der Waals surface area contributed by atoms with Crippen LogP contribution < -0.4 is 0 Å². The quantitative estimate of drug-likeness (QED) is 0.676. The minimum atomic E-state index is -4.38. The van der Waals surface area contributed by atoms with E-state index >= 15 is 0 Å². The predicted octanol–water partition coefficient (Wildman–Crippen LogP) is 4.20. The lowest BCUT2D eigenvalue weighted by atomic mass is 10.1. The SMILES string of the molecule is Cc1c(-c2ccc(C#N)cc2)nn2ccc(C(F)(F)F)cc12. The average molecular weight is 301 g/mol. The second-order valence-electron chi connectivity index (χ2n) is 4.91. The highest BCUT2D eigenvalue weighted by atomic mass is 19.4. The van der Waals surface area contributed by atoms with E-state index in [-0.39, 0.29) is 0 Å². The number of benzene rings is 1. The number of rotatable bonds is 1. The molecule has 3 nitrogen and oxygen atoms in total. The molecule has 2 heterocycles. The normalized spacial score (nSPS) is 11.6. The zero-order chi connectivity index (χ0) is 15.9. The predicted molar refractivity (Wildman–Crippen MR) is 75.1 cm³/mol. The van der Waals surface area contributed by atoms with E-state index in [1.807, 2.05) is 6.07 Å². The topological polar surface area (TPSA) is 41.1 Å². The highest BCUT2D eigenvalue weighted by Crippen LogP contribution is 2.32. The van der Waals surface area contributed by atoms with Crippen molar-refractivity contribution in [1.29, 1.82) is 5.26 Å². The maximum absolute atomic E-state index is 12.8. The molecule has 0 amide bonds. The molecule has 0 aliphatic heterocycles. The van der Waals surface area contributed by atoms with Crippen LogP contribution in [0.4, 0.5) is 13.2 Å². The molecule has 0 aliphatic carbocycles. The van der Waals surface area contributed by atoms with Crippen LogP contribution in [-0.4, -0.2) is 9.61 Å². The van der Waals surface area contributed by atoms with E-state index < -0.39 is 11.7 Å². The minimum absolute atomic E-state index is 0.411. The maximum Gasteiger partial charge on any atom is 0.416 e. The molecule has 0 unspecified atom stereocenters. The first-order valence-corrected chi connectivity index (χ1v) is 6.47. The summed E-state index contributed by atoms with van der Waals surface area (Å²) < 4.78 is 39.8. The van der Waals surface area contributed by atoms with Crippen LogP contribution in [0.2, 0.25) is 0 Å². The van der Waals surface area contributed by atoms with Crippen LogP contribution in [0.5, 0.6) is 0 Å². The number of hydrogen-bond donors (Lipinski definition) is 0.